The number of nitrogens with one attached hydrogen (secondary N) is 1. The summed E-state index contributed by atoms with van der Waals surface area (Å²) >= 11 is 1.66. The molecule has 0 aromatic heterocycles. The summed E-state index contributed by atoms with van der Waals surface area (Å²) in [4.78, 5) is 10.6. The van der Waals surface area contributed by atoms with Crippen LogP contribution in [0.1, 0.15) is 13.3 Å². The molecule has 0 aromatic rings. The van der Waals surface area contributed by atoms with Gasteiger partial charge in [0.05, 0.1) is 0 Å². The fourth-order valence-corrected chi connectivity index (χ4v) is 1.37. The van der Waals surface area contributed by atoms with Gasteiger partial charge in [0.15, 0.2) is 0 Å². The summed E-state index contributed by atoms with van der Waals surface area (Å²) in [6, 6.07) is 0.195. The number of carbonyl (C=O) groups is 1. The van der Waals surface area contributed by atoms with Gasteiger partial charge in [0.1, 0.15) is 0 Å². The average Bonchev–Trinajstić information content (AvgIpc) is 1.97. The first-order valence-corrected chi connectivity index (χ1v) is 4.65. The van der Waals surface area contributed by atoms with E-state index in [9.17, 15) is 4.79 Å². The Kier molecular flexibility index (Phi) is 6.30. The van der Waals surface area contributed by atoms with Gasteiger partial charge in [-0.2, -0.15) is 11.8 Å². The lowest BCUT2D eigenvalue weighted by molar-refractivity contribution is -0.120. The molecule has 1 unspecified atom stereocenters. The lowest BCUT2D eigenvalue weighted by atomic mass is 10.4. The van der Waals surface area contributed by atoms with Gasteiger partial charge in [0.25, 0.3) is 0 Å². The minimum absolute atomic E-state index is 0.123. The molecular weight excluding hydrogens is 162 g/mol. The predicted octanol–water partition coefficient (Wildman–Crippen LogP) is -0.553. The highest BCUT2D eigenvalue weighted by molar-refractivity contribution is 7.99. The number of hydrazine groups is 1. The summed E-state index contributed by atoms with van der Waals surface area (Å²) in [7, 11) is 0. The normalized spacial score (nSPS) is 12.6. The number of hydrogen-bond acceptors (Lipinski definition) is 4. The van der Waals surface area contributed by atoms with Crippen LogP contribution in [0, 0.1) is 0 Å². The zero-order valence-corrected chi connectivity index (χ0v) is 7.49. The maximum atomic E-state index is 10.6. The Balaban J connectivity index is 3.08. The number of hydrogen-bond donors (Lipinski definition) is 3. The fraction of sp³-hybridized carbons (Fsp3) is 0.833. The van der Waals surface area contributed by atoms with E-state index in [1.54, 1.807) is 11.8 Å². The number of carbonyl (C=O) groups excluding carboxylic acids is 1. The third kappa shape index (κ3) is 7.64. The van der Waals surface area contributed by atoms with Gasteiger partial charge in [0.2, 0.25) is 5.91 Å². The molecule has 1 atom stereocenters. The maximum Gasteiger partial charge on any atom is 0.234 e. The van der Waals surface area contributed by atoms with Crippen molar-refractivity contribution < 1.29 is 4.79 Å². The molecule has 0 fully saturated rings. The lowest BCUT2D eigenvalue weighted by Crippen LogP contribution is -2.30. The van der Waals surface area contributed by atoms with Gasteiger partial charge in [0, 0.05) is 24.0 Å². The molecule has 11 heavy (non-hydrogen) atoms. The van der Waals surface area contributed by atoms with Crippen LogP contribution >= 0.6 is 11.8 Å². The quantitative estimate of drug-likeness (QED) is 0.228. The van der Waals surface area contributed by atoms with E-state index >= 15 is 0 Å². The second-order valence-corrected chi connectivity index (χ2v) is 3.52. The Morgan fingerprint density at radius 3 is 2.82 bits per heavy atom. The summed E-state index contributed by atoms with van der Waals surface area (Å²) in [6.45, 7) is 1.94. The van der Waals surface area contributed by atoms with E-state index in [-0.39, 0.29) is 11.9 Å². The van der Waals surface area contributed by atoms with Gasteiger partial charge in [-0.25, -0.2) is 5.84 Å². The molecule has 5 N–H and O–H groups in total. The maximum absolute atomic E-state index is 10.6. The first-order valence-electron chi connectivity index (χ1n) is 3.49. The summed E-state index contributed by atoms with van der Waals surface area (Å²) in [5.74, 6) is 6.43. The SMILES string of the molecule is CC(N)CSCCC(=O)NN. The molecule has 0 aliphatic heterocycles. The zero-order chi connectivity index (χ0) is 8.69. The van der Waals surface area contributed by atoms with Crippen LogP contribution in [0.15, 0.2) is 0 Å². The number of nitrogens with two attached hydrogens (primary N) is 2. The molecule has 0 radical (unpaired) electrons. The van der Waals surface area contributed by atoms with Crippen molar-refractivity contribution in [2.45, 2.75) is 19.4 Å². The summed E-state index contributed by atoms with van der Waals surface area (Å²) in [5.41, 5.74) is 7.57. The van der Waals surface area contributed by atoms with Crippen LogP contribution in [0.3, 0.4) is 0 Å². The van der Waals surface area contributed by atoms with Gasteiger partial charge in [-0.1, -0.05) is 0 Å². The van der Waals surface area contributed by atoms with Gasteiger partial charge in [-0.3, -0.25) is 10.2 Å². The summed E-state index contributed by atoms with van der Waals surface area (Å²) in [6.07, 6.45) is 0.466. The zero-order valence-electron chi connectivity index (χ0n) is 6.67. The molecule has 0 spiro atoms. The second kappa shape index (κ2) is 6.45. The summed E-state index contributed by atoms with van der Waals surface area (Å²) in [5, 5.41) is 0. The fourth-order valence-electron chi connectivity index (χ4n) is 0.506. The standard InChI is InChI=1S/C6H15N3OS/c1-5(7)4-11-3-2-6(10)9-8/h5H,2-4,7-8H2,1H3,(H,9,10). The molecule has 0 saturated heterocycles. The first kappa shape index (κ1) is 10.7. The minimum Gasteiger partial charge on any atom is -0.327 e. The molecule has 5 heteroatoms. The van der Waals surface area contributed by atoms with E-state index in [4.69, 9.17) is 11.6 Å². The molecule has 0 aromatic carbocycles. The van der Waals surface area contributed by atoms with Crippen LogP contribution < -0.4 is 17.0 Å². The topological polar surface area (TPSA) is 81.1 Å². The van der Waals surface area contributed by atoms with Crippen LogP contribution in [-0.4, -0.2) is 23.5 Å². The van der Waals surface area contributed by atoms with Crippen molar-refractivity contribution in [3.63, 3.8) is 0 Å². The van der Waals surface area contributed by atoms with E-state index in [0.29, 0.717) is 6.42 Å². The Bertz CT molecular complexity index is 118. The molecule has 0 heterocycles. The van der Waals surface area contributed by atoms with Crippen LogP contribution in [-0.2, 0) is 4.79 Å². The Morgan fingerprint density at radius 1 is 1.73 bits per heavy atom. The van der Waals surface area contributed by atoms with Crippen LogP contribution in [0.5, 0.6) is 0 Å². The van der Waals surface area contributed by atoms with Crippen molar-refractivity contribution in [1.82, 2.24) is 5.43 Å². The molecule has 0 rings (SSSR count). The van der Waals surface area contributed by atoms with Crippen molar-refractivity contribution in [3.8, 4) is 0 Å². The van der Waals surface area contributed by atoms with Crippen LogP contribution in [0.25, 0.3) is 0 Å². The smallest absolute Gasteiger partial charge is 0.234 e. The molecule has 0 saturated carbocycles. The molecule has 4 nitrogen and oxygen atoms in total. The van der Waals surface area contributed by atoms with E-state index in [1.807, 2.05) is 6.92 Å². The second-order valence-electron chi connectivity index (χ2n) is 2.37. The molecule has 66 valence electrons. The third-order valence-electron chi connectivity index (χ3n) is 1.02. The molecular formula is C6H15N3OS. The monoisotopic (exact) mass is 177 g/mol. The summed E-state index contributed by atoms with van der Waals surface area (Å²) < 4.78 is 0. The van der Waals surface area contributed by atoms with Crippen LogP contribution in [0.4, 0.5) is 0 Å². The molecule has 0 bridgehead atoms. The Labute approximate surface area is 71.0 Å². The van der Waals surface area contributed by atoms with E-state index in [2.05, 4.69) is 5.43 Å². The van der Waals surface area contributed by atoms with Crippen molar-refractivity contribution in [3.05, 3.63) is 0 Å². The first-order chi connectivity index (χ1) is 5.16. The average molecular weight is 177 g/mol. The highest BCUT2D eigenvalue weighted by Gasteiger charge is 1.98. The number of thioether (sulfide) groups is 1. The van der Waals surface area contributed by atoms with Crippen molar-refractivity contribution in [2.75, 3.05) is 11.5 Å². The van der Waals surface area contributed by atoms with Crippen LogP contribution in [0.2, 0.25) is 0 Å². The predicted molar refractivity (Wildman–Crippen MR) is 47.9 cm³/mol. The highest BCUT2D eigenvalue weighted by atomic mass is 32.2. The van der Waals surface area contributed by atoms with Crippen molar-refractivity contribution in [2.24, 2.45) is 11.6 Å². The van der Waals surface area contributed by atoms with E-state index in [0.717, 1.165) is 11.5 Å². The number of amides is 1. The van der Waals surface area contributed by atoms with E-state index in [1.165, 1.54) is 0 Å². The minimum atomic E-state index is -0.123. The lowest BCUT2D eigenvalue weighted by Gasteiger charge is -2.03. The number of rotatable bonds is 5. The van der Waals surface area contributed by atoms with Gasteiger partial charge in [-0.15, -0.1) is 0 Å². The van der Waals surface area contributed by atoms with E-state index < -0.39 is 0 Å². The Hall–Kier alpha value is -0.260. The highest BCUT2D eigenvalue weighted by Crippen LogP contribution is 2.02. The third-order valence-corrected chi connectivity index (χ3v) is 2.27. The van der Waals surface area contributed by atoms with Gasteiger partial charge in [-0.05, 0) is 6.92 Å². The molecule has 1 amide bonds. The van der Waals surface area contributed by atoms with Gasteiger partial charge < -0.3 is 5.73 Å². The largest absolute Gasteiger partial charge is 0.327 e. The van der Waals surface area contributed by atoms with Gasteiger partial charge >= 0.3 is 0 Å². The molecule has 0 aliphatic rings. The van der Waals surface area contributed by atoms with Crippen molar-refractivity contribution >= 4 is 17.7 Å². The Morgan fingerprint density at radius 2 is 2.36 bits per heavy atom. The van der Waals surface area contributed by atoms with Crippen molar-refractivity contribution in [1.29, 1.82) is 0 Å². The molecule has 0 aliphatic carbocycles.